The van der Waals surface area contributed by atoms with Gasteiger partial charge in [0.15, 0.2) is 0 Å². The summed E-state index contributed by atoms with van der Waals surface area (Å²) in [5.74, 6) is 0.268. The molecule has 0 saturated carbocycles. The quantitative estimate of drug-likeness (QED) is 0.784. The molecule has 1 fully saturated rings. The molecule has 1 aliphatic heterocycles. The van der Waals surface area contributed by atoms with E-state index in [0.717, 1.165) is 38.8 Å². The smallest absolute Gasteiger partial charge is 0.222 e. The van der Waals surface area contributed by atoms with E-state index in [1.54, 1.807) is 0 Å². The van der Waals surface area contributed by atoms with Crippen molar-refractivity contribution >= 4 is 18.3 Å². The van der Waals surface area contributed by atoms with Gasteiger partial charge in [0.05, 0.1) is 6.61 Å². The van der Waals surface area contributed by atoms with Gasteiger partial charge in [-0.1, -0.05) is 30.3 Å². The highest BCUT2D eigenvalue weighted by atomic mass is 35.5. The number of carbonyl (C=O) groups is 1. The molecule has 0 aliphatic carbocycles. The summed E-state index contributed by atoms with van der Waals surface area (Å²) in [6, 6.07) is 10.4. The van der Waals surface area contributed by atoms with Crippen LogP contribution in [0.4, 0.5) is 0 Å². The standard InChI is InChI=1S/C17H26N2O2.ClH/c18-16-9-11-19(12-10-16)17(20)8-4-5-13-21-14-15-6-2-1-3-7-15;/h1-3,6-7,16H,4-5,8-14,18H2;1H. The van der Waals surface area contributed by atoms with Crippen LogP contribution in [0.25, 0.3) is 0 Å². The molecule has 0 bridgehead atoms. The van der Waals surface area contributed by atoms with Gasteiger partial charge in [-0.3, -0.25) is 4.79 Å². The number of hydrogen-bond donors (Lipinski definition) is 1. The van der Waals surface area contributed by atoms with Gasteiger partial charge in [-0.05, 0) is 31.2 Å². The van der Waals surface area contributed by atoms with Crippen LogP contribution in [0.5, 0.6) is 0 Å². The van der Waals surface area contributed by atoms with Gasteiger partial charge in [0, 0.05) is 32.2 Å². The molecule has 0 atom stereocenters. The van der Waals surface area contributed by atoms with E-state index < -0.39 is 0 Å². The Labute approximate surface area is 139 Å². The van der Waals surface area contributed by atoms with E-state index in [4.69, 9.17) is 10.5 Å². The summed E-state index contributed by atoms with van der Waals surface area (Å²) in [5.41, 5.74) is 7.04. The summed E-state index contributed by atoms with van der Waals surface area (Å²) < 4.78 is 5.62. The van der Waals surface area contributed by atoms with Gasteiger partial charge >= 0.3 is 0 Å². The first-order valence-corrected chi connectivity index (χ1v) is 7.91. The first-order chi connectivity index (χ1) is 10.3. The van der Waals surface area contributed by atoms with Crippen molar-refractivity contribution in [3.05, 3.63) is 35.9 Å². The van der Waals surface area contributed by atoms with Crippen molar-refractivity contribution < 1.29 is 9.53 Å². The lowest BCUT2D eigenvalue weighted by molar-refractivity contribution is -0.132. The van der Waals surface area contributed by atoms with Crippen LogP contribution in [0, 0.1) is 0 Å². The number of rotatable bonds is 7. The van der Waals surface area contributed by atoms with Crippen molar-refractivity contribution in [2.75, 3.05) is 19.7 Å². The average molecular weight is 327 g/mol. The molecule has 1 saturated heterocycles. The van der Waals surface area contributed by atoms with Crippen LogP contribution in [0.15, 0.2) is 30.3 Å². The number of likely N-dealkylation sites (tertiary alicyclic amines) is 1. The molecule has 0 radical (unpaired) electrons. The maximum atomic E-state index is 12.0. The van der Waals surface area contributed by atoms with Gasteiger partial charge in [0.25, 0.3) is 0 Å². The summed E-state index contributed by atoms with van der Waals surface area (Å²) in [5, 5.41) is 0. The summed E-state index contributed by atoms with van der Waals surface area (Å²) >= 11 is 0. The Morgan fingerprint density at radius 3 is 2.55 bits per heavy atom. The fourth-order valence-corrected chi connectivity index (χ4v) is 2.55. The molecular weight excluding hydrogens is 300 g/mol. The number of nitrogens with zero attached hydrogens (tertiary/aromatic N) is 1. The van der Waals surface area contributed by atoms with Gasteiger partial charge in [-0.15, -0.1) is 12.4 Å². The van der Waals surface area contributed by atoms with Crippen molar-refractivity contribution in [3.8, 4) is 0 Å². The number of amides is 1. The van der Waals surface area contributed by atoms with Crippen LogP contribution in [-0.4, -0.2) is 36.5 Å². The van der Waals surface area contributed by atoms with E-state index in [9.17, 15) is 4.79 Å². The zero-order chi connectivity index (χ0) is 14.9. The number of halogens is 1. The summed E-state index contributed by atoms with van der Waals surface area (Å²) in [6.45, 7) is 3.01. The number of hydrogen-bond acceptors (Lipinski definition) is 3. The molecule has 0 aromatic heterocycles. The Hall–Kier alpha value is -1.10. The highest BCUT2D eigenvalue weighted by Crippen LogP contribution is 2.11. The normalized spacial score (nSPS) is 15.4. The second-order valence-electron chi connectivity index (χ2n) is 5.71. The average Bonchev–Trinajstić information content (AvgIpc) is 2.52. The third-order valence-corrected chi connectivity index (χ3v) is 3.93. The van der Waals surface area contributed by atoms with Crippen LogP contribution >= 0.6 is 12.4 Å². The molecule has 0 unspecified atom stereocenters. The lowest BCUT2D eigenvalue weighted by atomic mass is 10.1. The van der Waals surface area contributed by atoms with Crippen molar-refractivity contribution in [1.29, 1.82) is 0 Å². The zero-order valence-corrected chi connectivity index (χ0v) is 13.9. The number of benzene rings is 1. The zero-order valence-electron chi connectivity index (χ0n) is 13.1. The fraction of sp³-hybridized carbons (Fsp3) is 0.588. The Morgan fingerprint density at radius 1 is 1.18 bits per heavy atom. The first kappa shape index (κ1) is 18.9. The Bertz CT molecular complexity index is 420. The molecule has 1 heterocycles. The number of piperidine rings is 1. The minimum absolute atomic E-state index is 0. The lowest BCUT2D eigenvalue weighted by Gasteiger charge is -2.30. The van der Waals surface area contributed by atoms with Gasteiger partial charge in [0.1, 0.15) is 0 Å². The van der Waals surface area contributed by atoms with E-state index in [1.165, 1.54) is 5.56 Å². The SMILES string of the molecule is Cl.NC1CCN(C(=O)CCCCOCc2ccccc2)CC1. The Kier molecular flexibility index (Phi) is 9.13. The minimum atomic E-state index is 0. The predicted molar refractivity (Wildman–Crippen MR) is 91.0 cm³/mol. The molecule has 1 aliphatic rings. The number of unbranched alkanes of at least 4 members (excludes halogenated alkanes) is 1. The van der Waals surface area contributed by atoms with E-state index in [-0.39, 0.29) is 24.4 Å². The van der Waals surface area contributed by atoms with Crippen LogP contribution < -0.4 is 5.73 Å². The van der Waals surface area contributed by atoms with Crippen molar-refractivity contribution in [3.63, 3.8) is 0 Å². The van der Waals surface area contributed by atoms with E-state index in [2.05, 4.69) is 12.1 Å². The van der Waals surface area contributed by atoms with E-state index in [1.807, 2.05) is 23.1 Å². The van der Waals surface area contributed by atoms with Gasteiger partial charge in [-0.25, -0.2) is 0 Å². The van der Waals surface area contributed by atoms with Crippen LogP contribution in [-0.2, 0) is 16.1 Å². The molecule has 2 N–H and O–H groups in total. The summed E-state index contributed by atoms with van der Waals surface area (Å²) in [7, 11) is 0. The van der Waals surface area contributed by atoms with Crippen molar-refractivity contribution in [2.24, 2.45) is 5.73 Å². The maximum absolute atomic E-state index is 12.0. The molecule has 1 aromatic rings. The van der Waals surface area contributed by atoms with Gasteiger partial charge < -0.3 is 15.4 Å². The third kappa shape index (κ3) is 6.77. The molecular formula is C17H27ClN2O2. The van der Waals surface area contributed by atoms with Gasteiger partial charge in [0.2, 0.25) is 5.91 Å². The van der Waals surface area contributed by atoms with Crippen molar-refractivity contribution in [2.45, 2.75) is 44.8 Å². The molecule has 1 amide bonds. The first-order valence-electron chi connectivity index (χ1n) is 7.91. The summed E-state index contributed by atoms with van der Waals surface area (Å²) in [6.07, 6.45) is 4.34. The minimum Gasteiger partial charge on any atom is -0.377 e. The third-order valence-electron chi connectivity index (χ3n) is 3.93. The number of carbonyl (C=O) groups excluding carboxylic acids is 1. The lowest BCUT2D eigenvalue weighted by Crippen LogP contribution is -2.42. The topological polar surface area (TPSA) is 55.6 Å². The molecule has 4 nitrogen and oxygen atoms in total. The molecule has 22 heavy (non-hydrogen) atoms. The number of nitrogens with two attached hydrogens (primary N) is 1. The molecule has 0 spiro atoms. The predicted octanol–water partition coefficient (Wildman–Crippen LogP) is 2.75. The Balaban J connectivity index is 0.00000242. The van der Waals surface area contributed by atoms with Crippen LogP contribution in [0.3, 0.4) is 0 Å². The second kappa shape index (κ2) is 10.6. The van der Waals surface area contributed by atoms with Crippen molar-refractivity contribution in [1.82, 2.24) is 4.90 Å². The monoisotopic (exact) mass is 326 g/mol. The summed E-state index contributed by atoms with van der Waals surface area (Å²) in [4.78, 5) is 14.0. The highest BCUT2D eigenvalue weighted by molar-refractivity contribution is 5.85. The highest BCUT2D eigenvalue weighted by Gasteiger charge is 2.19. The van der Waals surface area contributed by atoms with Gasteiger partial charge in [-0.2, -0.15) is 0 Å². The van der Waals surface area contributed by atoms with E-state index >= 15 is 0 Å². The maximum Gasteiger partial charge on any atom is 0.222 e. The van der Waals surface area contributed by atoms with Crippen LogP contribution in [0.1, 0.15) is 37.7 Å². The molecule has 124 valence electrons. The number of ether oxygens (including phenoxy) is 1. The largest absolute Gasteiger partial charge is 0.377 e. The molecule has 1 aromatic carbocycles. The van der Waals surface area contributed by atoms with Crippen LogP contribution in [0.2, 0.25) is 0 Å². The fourth-order valence-electron chi connectivity index (χ4n) is 2.55. The Morgan fingerprint density at radius 2 is 1.86 bits per heavy atom. The second-order valence-corrected chi connectivity index (χ2v) is 5.71. The molecule has 2 rings (SSSR count). The van der Waals surface area contributed by atoms with E-state index in [0.29, 0.717) is 19.6 Å². The molecule has 5 heteroatoms.